The van der Waals surface area contributed by atoms with E-state index in [0.29, 0.717) is 10.6 Å². The van der Waals surface area contributed by atoms with Crippen LogP contribution in [0.4, 0.5) is 5.69 Å². The fourth-order valence-electron chi connectivity index (χ4n) is 2.10. The molecule has 0 radical (unpaired) electrons. The van der Waals surface area contributed by atoms with Gasteiger partial charge in [-0.1, -0.05) is 11.8 Å². The molecule has 2 aromatic carbocycles. The largest absolute Gasteiger partial charge is 0.497 e. The highest BCUT2D eigenvalue weighted by Crippen LogP contribution is 2.38. The molecule has 8 nitrogen and oxygen atoms in total. The van der Waals surface area contributed by atoms with Gasteiger partial charge in [-0.15, -0.1) is 0 Å². The summed E-state index contributed by atoms with van der Waals surface area (Å²) in [5, 5.41) is 11.4. The van der Waals surface area contributed by atoms with Crippen molar-refractivity contribution in [2.24, 2.45) is 0 Å². The number of nitrogens with zero attached hydrogens (tertiary/aromatic N) is 1. The molecular formula is C17H15NO7S. The average Bonchev–Trinajstić information content (AvgIpc) is 2.66. The van der Waals surface area contributed by atoms with Crippen LogP contribution in [0.3, 0.4) is 0 Å². The van der Waals surface area contributed by atoms with Crippen LogP contribution in [-0.2, 0) is 9.47 Å². The van der Waals surface area contributed by atoms with E-state index in [2.05, 4.69) is 4.74 Å². The van der Waals surface area contributed by atoms with Gasteiger partial charge < -0.3 is 14.2 Å². The molecule has 0 N–H and O–H groups in total. The SMILES string of the molecule is COC(=O)c1ccc(Sc2cc(OC)ccc2C(=O)OC)c([N+](=O)[O-])c1. The monoisotopic (exact) mass is 377 g/mol. The molecule has 0 bridgehead atoms. The van der Waals surface area contributed by atoms with Crippen molar-refractivity contribution in [1.29, 1.82) is 0 Å². The molecule has 9 heteroatoms. The van der Waals surface area contributed by atoms with Gasteiger partial charge in [-0.25, -0.2) is 9.59 Å². The van der Waals surface area contributed by atoms with Crippen LogP contribution in [-0.4, -0.2) is 38.2 Å². The number of esters is 2. The van der Waals surface area contributed by atoms with Crippen LogP contribution in [0.1, 0.15) is 20.7 Å². The van der Waals surface area contributed by atoms with E-state index in [4.69, 9.17) is 9.47 Å². The Labute approximate surface area is 153 Å². The molecule has 2 rings (SSSR count). The van der Waals surface area contributed by atoms with Crippen molar-refractivity contribution in [3.05, 3.63) is 57.6 Å². The molecule has 0 heterocycles. The van der Waals surface area contributed by atoms with Crippen LogP contribution < -0.4 is 4.74 Å². The fourth-order valence-corrected chi connectivity index (χ4v) is 3.15. The summed E-state index contributed by atoms with van der Waals surface area (Å²) in [7, 11) is 3.90. The molecule has 0 saturated carbocycles. The summed E-state index contributed by atoms with van der Waals surface area (Å²) in [6.45, 7) is 0. The van der Waals surface area contributed by atoms with E-state index in [0.717, 1.165) is 17.8 Å². The standard InChI is InChI=1S/C17H15NO7S/c1-23-11-5-6-12(17(20)25-3)15(9-11)26-14-7-4-10(16(19)24-2)8-13(14)18(21)22/h4-9H,1-3H3. The lowest BCUT2D eigenvalue weighted by atomic mass is 10.2. The minimum Gasteiger partial charge on any atom is -0.497 e. The van der Waals surface area contributed by atoms with Crippen LogP contribution in [0.5, 0.6) is 5.75 Å². The van der Waals surface area contributed by atoms with Gasteiger partial charge in [0.1, 0.15) is 5.75 Å². The Hall–Kier alpha value is -3.07. The molecule has 2 aromatic rings. The van der Waals surface area contributed by atoms with Crippen molar-refractivity contribution in [3.63, 3.8) is 0 Å². The zero-order chi connectivity index (χ0) is 19.3. The predicted molar refractivity (Wildman–Crippen MR) is 92.9 cm³/mol. The number of methoxy groups -OCH3 is 3. The van der Waals surface area contributed by atoms with Crippen LogP contribution in [0.25, 0.3) is 0 Å². The van der Waals surface area contributed by atoms with E-state index in [1.165, 1.54) is 39.5 Å². The van der Waals surface area contributed by atoms with Gasteiger partial charge in [-0.05, 0) is 30.3 Å². The summed E-state index contributed by atoms with van der Waals surface area (Å²) in [6.07, 6.45) is 0. The fraction of sp³-hybridized carbons (Fsp3) is 0.176. The second-order valence-corrected chi connectivity index (χ2v) is 5.97. The Bertz CT molecular complexity index is 866. The molecule has 0 spiro atoms. The van der Waals surface area contributed by atoms with E-state index in [-0.39, 0.29) is 21.7 Å². The lowest BCUT2D eigenvalue weighted by Gasteiger charge is -2.10. The van der Waals surface area contributed by atoms with Gasteiger partial charge in [-0.3, -0.25) is 10.1 Å². The summed E-state index contributed by atoms with van der Waals surface area (Å²) < 4.78 is 14.5. The number of nitro benzene ring substituents is 1. The second kappa shape index (κ2) is 8.34. The highest BCUT2D eigenvalue weighted by atomic mass is 32.2. The second-order valence-electron chi connectivity index (χ2n) is 4.89. The summed E-state index contributed by atoms with van der Waals surface area (Å²) in [4.78, 5) is 35.0. The van der Waals surface area contributed by atoms with Crippen molar-refractivity contribution in [2.45, 2.75) is 9.79 Å². The first-order valence-corrected chi connectivity index (χ1v) is 8.03. The maximum Gasteiger partial charge on any atom is 0.339 e. The Balaban J connectivity index is 2.52. The molecule has 0 aliphatic heterocycles. The first kappa shape index (κ1) is 19.3. The van der Waals surface area contributed by atoms with Gasteiger partial charge in [0.05, 0.1) is 42.3 Å². The average molecular weight is 377 g/mol. The minimum absolute atomic E-state index is 0.0578. The third kappa shape index (κ3) is 4.12. The van der Waals surface area contributed by atoms with Gasteiger partial charge >= 0.3 is 11.9 Å². The predicted octanol–water partition coefficient (Wildman–Crippen LogP) is 3.33. The Morgan fingerprint density at radius 2 is 1.65 bits per heavy atom. The van der Waals surface area contributed by atoms with Crippen molar-refractivity contribution in [3.8, 4) is 5.75 Å². The van der Waals surface area contributed by atoms with Gasteiger partial charge in [0.15, 0.2) is 0 Å². The third-order valence-electron chi connectivity index (χ3n) is 3.39. The minimum atomic E-state index is -0.679. The highest BCUT2D eigenvalue weighted by molar-refractivity contribution is 7.99. The van der Waals surface area contributed by atoms with E-state index in [1.807, 2.05) is 0 Å². The van der Waals surface area contributed by atoms with Crippen LogP contribution >= 0.6 is 11.8 Å². The van der Waals surface area contributed by atoms with E-state index < -0.39 is 16.9 Å². The molecule has 26 heavy (non-hydrogen) atoms. The van der Waals surface area contributed by atoms with E-state index in [1.54, 1.807) is 12.1 Å². The number of hydrogen-bond donors (Lipinski definition) is 0. The van der Waals surface area contributed by atoms with Gasteiger partial charge in [0.25, 0.3) is 5.69 Å². The Kier molecular flexibility index (Phi) is 6.18. The molecule has 136 valence electrons. The Morgan fingerprint density at radius 1 is 0.962 bits per heavy atom. The van der Waals surface area contributed by atoms with Gasteiger partial charge in [-0.2, -0.15) is 0 Å². The lowest BCUT2D eigenvalue weighted by Crippen LogP contribution is -2.04. The number of benzene rings is 2. The Morgan fingerprint density at radius 3 is 2.23 bits per heavy atom. The van der Waals surface area contributed by atoms with Crippen LogP contribution in [0, 0.1) is 10.1 Å². The van der Waals surface area contributed by atoms with Crippen molar-refractivity contribution in [2.75, 3.05) is 21.3 Å². The van der Waals surface area contributed by atoms with Crippen molar-refractivity contribution < 1.29 is 28.7 Å². The zero-order valence-corrected chi connectivity index (χ0v) is 15.0. The summed E-state index contributed by atoms with van der Waals surface area (Å²) in [6, 6.07) is 8.66. The third-order valence-corrected chi connectivity index (χ3v) is 4.51. The number of rotatable bonds is 6. The normalized spacial score (nSPS) is 10.1. The molecule has 0 saturated heterocycles. The molecule has 0 fully saturated rings. The molecule has 0 atom stereocenters. The maximum atomic E-state index is 12.0. The maximum absolute atomic E-state index is 12.0. The molecule has 0 aliphatic rings. The van der Waals surface area contributed by atoms with E-state index in [9.17, 15) is 19.7 Å². The number of hydrogen-bond acceptors (Lipinski definition) is 8. The molecule has 0 aromatic heterocycles. The van der Waals surface area contributed by atoms with Crippen molar-refractivity contribution in [1.82, 2.24) is 0 Å². The van der Waals surface area contributed by atoms with Crippen LogP contribution in [0.15, 0.2) is 46.2 Å². The van der Waals surface area contributed by atoms with Crippen LogP contribution in [0.2, 0.25) is 0 Å². The van der Waals surface area contributed by atoms with Crippen molar-refractivity contribution >= 4 is 29.4 Å². The number of ether oxygens (including phenoxy) is 3. The summed E-state index contributed by atoms with van der Waals surface area (Å²) in [5.74, 6) is -0.778. The summed E-state index contributed by atoms with van der Waals surface area (Å²) in [5.41, 5.74) is 0.0172. The van der Waals surface area contributed by atoms with Gasteiger partial charge in [0.2, 0.25) is 0 Å². The van der Waals surface area contributed by atoms with Gasteiger partial charge in [0, 0.05) is 11.0 Å². The quantitative estimate of drug-likeness (QED) is 0.429. The zero-order valence-electron chi connectivity index (χ0n) is 14.2. The first-order valence-electron chi connectivity index (χ1n) is 7.22. The number of nitro groups is 1. The topological polar surface area (TPSA) is 105 Å². The molecule has 0 aliphatic carbocycles. The molecule has 0 amide bonds. The summed E-state index contributed by atoms with van der Waals surface area (Å²) >= 11 is 0.996. The number of carbonyl (C=O) groups excluding carboxylic acids is 2. The van der Waals surface area contributed by atoms with E-state index >= 15 is 0 Å². The molecule has 0 unspecified atom stereocenters. The lowest BCUT2D eigenvalue weighted by molar-refractivity contribution is -0.387. The molecular weight excluding hydrogens is 362 g/mol. The number of carbonyl (C=O) groups is 2. The smallest absolute Gasteiger partial charge is 0.339 e. The highest BCUT2D eigenvalue weighted by Gasteiger charge is 2.21. The first-order chi connectivity index (χ1) is 12.4.